The zero-order chi connectivity index (χ0) is 21.1. The Labute approximate surface area is 166 Å². The molecule has 1 aromatic carbocycles. The Morgan fingerprint density at radius 3 is 2.21 bits per heavy atom. The number of nitrogens with zero attached hydrogens (tertiary/aromatic N) is 1. The van der Waals surface area contributed by atoms with Gasteiger partial charge in [-0.1, -0.05) is 43.3 Å². The van der Waals surface area contributed by atoms with Crippen molar-refractivity contribution in [3.63, 3.8) is 0 Å². The number of aromatic nitrogens is 1. The van der Waals surface area contributed by atoms with E-state index in [-0.39, 0.29) is 22.4 Å². The van der Waals surface area contributed by atoms with Gasteiger partial charge in [0.2, 0.25) is 15.9 Å². The zero-order valence-electron chi connectivity index (χ0n) is 17.2. The summed E-state index contributed by atoms with van der Waals surface area (Å²) in [6, 6.07) is 6.90. The first kappa shape index (κ1) is 22.1. The summed E-state index contributed by atoms with van der Waals surface area (Å²) in [6.07, 6.45) is 1.00. The highest BCUT2D eigenvalue weighted by Gasteiger charge is 2.28. The second-order valence-corrected chi connectivity index (χ2v) is 9.22. The van der Waals surface area contributed by atoms with Crippen LogP contribution in [-0.4, -0.2) is 25.5 Å². The average molecular weight is 408 g/mol. The van der Waals surface area contributed by atoms with E-state index in [1.165, 1.54) is 19.4 Å². The highest BCUT2D eigenvalue weighted by atomic mass is 32.2. The van der Waals surface area contributed by atoms with Crippen LogP contribution in [0.1, 0.15) is 56.3 Å². The molecule has 0 unspecified atom stereocenters. The van der Waals surface area contributed by atoms with Crippen molar-refractivity contribution in [3.8, 4) is 0 Å². The van der Waals surface area contributed by atoms with E-state index in [1.807, 2.05) is 19.1 Å². The fourth-order valence-corrected chi connectivity index (χ4v) is 4.57. The monoisotopic (exact) mass is 407 g/mol. The normalized spacial score (nSPS) is 14.1. The number of carbonyl (C=O) groups is 1. The topological polar surface area (TPSA) is 101 Å². The van der Waals surface area contributed by atoms with E-state index in [2.05, 4.69) is 41.2 Å². The Bertz CT molecular complexity index is 898. The molecule has 1 amide bonds. The summed E-state index contributed by atoms with van der Waals surface area (Å²) in [7, 11) is -3.91. The molecular formula is C20H29N3O4S. The quantitative estimate of drug-likeness (QED) is 0.700. The van der Waals surface area contributed by atoms with Crippen molar-refractivity contribution in [2.75, 3.05) is 0 Å². The summed E-state index contributed by atoms with van der Waals surface area (Å²) in [5.74, 6) is 0.358. The largest absolute Gasteiger partial charge is 0.360 e. The third kappa shape index (κ3) is 5.42. The Balaban J connectivity index is 2.01. The fourth-order valence-electron chi connectivity index (χ4n) is 3.04. The number of hydrogen-bond donors (Lipinski definition) is 2. The maximum Gasteiger partial charge on any atom is 0.246 e. The summed E-state index contributed by atoms with van der Waals surface area (Å²) in [4.78, 5) is 12.5. The summed E-state index contributed by atoms with van der Waals surface area (Å²) in [5.41, 5.74) is 2.46. The van der Waals surface area contributed by atoms with Gasteiger partial charge in [-0.05, 0) is 51.2 Å². The molecule has 0 aliphatic rings. The lowest BCUT2D eigenvalue weighted by atomic mass is 10.00. The minimum Gasteiger partial charge on any atom is -0.360 e. The van der Waals surface area contributed by atoms with Crippen LogP contribution < -0.4 is 10.0 Å². The van der Waals surface area contributed by atoms with Crippen molar-refractivity contribution in [3.05, 3.63) is 46.8 Å². The first-order valence-electron chi connectivity index (χ1n) is 9.35. The summed E-state index contributed by atoms with van der Waals surface area (Å²) < 4.78 is 32.4. The van der Waals surface area contributed by atoms with Gasteiger partial charge in [0.25, 0.3) is 0 Å². The smallest absolute Gasteiger partial charge is 0.246 e. The van der Waals surface area contributed by atoms with E-state index in [1.54, 1.807) is 6.92 Å². The molecule has 2 atom stereocenters. The molecule has 2 N–H and O–H groups in total. The van der Waals surface area contributed by atoms with Crippen molar-refractivity contribution < 1.29 is 17.7 Å². The molecule has 0 aliphatic heterocycles. The second-order valence-electron chi connectivity index (χ2n) is 7.57. The van der Waals surface area contributed by atoms with Gasteiger partial charge < -0.3 is 9.84 Å². The minimum absolute atomic E-state index is 0.0269. The van der Waals surface area contributed by atoms with E-state index in [0.717, 1.165) is 12.0 Å². The third-order valence-electron chi connectivity index (χ3n) is 4.44. The zero-order valence-corrected chi connectivity index (χ0v) is 18.1. The van der Waals surface area contributed by atoms with Crippen molar-refractivity contribution in [2.24, 2.45) is 5.92 Å². The van der Waals surface area contributed by atoms with Gasteiger partial charge in [-0.2, -0.15) is 4.72 Å². The lowest BCUT2D eigenvalue weighted by Gasteiger charge is -2.19. The molecule has 0 fully saturated rings. The van der Waals surface area contributed by atoms with Gasteiger partial charge in [0.1, 0.15) is 10.6 Å². The molecule has 0 saturated heterocycles. The summed E-state index contributed by atoms with van der Waals surface area (Å²) in [5, 5.41) is 6.50. The van der Waals surface area contributed by atoms with Crippen molar-refractivity contribution >= 4 is 15.9 Å². The van der Waals surface area contributed by atoms with E-state index in [0.29, 0.717) is 5.92 Å². The molecule has 0 radical (unpaired) electrons. The number of sulfonamides is 1. The fraction of sp³-hybridized carbons (Fsp3) is 0.500. The molecule has 1 heterocycles. The van der Waals surface area contributed by atoms with E-state index >= 15 is 0 Å². The number of nitrogens with one attached hydrogen (secondary N) is 2. The summed E-state index contributed by atoms with van der Waals surface area (Å²) in [6.45, 7) is 10.8. The molecular weight excluding hydrogens is 378 g/mol. The SMILES string of the molecule is Cc1noc(C)c1S(=O)(=O)N[C@@H](C)C(=O)N[C@H](C)c1ccc(CC(C)C)cc1. The number of carbonyl (C=O) groups excluding carboxylic acids is 1. The number of aryl methyl sites for hydroxylation is 2. The minimum atomic E-state index is -3.91. The Hall–Kier alpha value is -2.19. The number of benzene rings is 1. The second kappa shape index (κ2) is 8.87. The molecule has 2 rings (SSSR count). The van der Waals surface area contributed by atoms with Crippen molar-refractivity contribution in [1.29, 1.82) is 0 Å². The van der Waals surface area contributed by atoms with E-state index < -0.39 is 22.0 Å². The number of hydrogen-bond acceptors (Lipinski definition) is 5. The highest BCUT2D eigenvalue weighted by molar-refractivity contribution is 7.89. The maximum atomic E-state index is 12.5. The van der Waals surface area contributed by atoms with Crippen LogP contribution in [0.3, 0.4) is 0 Å². The lowest BCUT2D eigenvalue weighted by molar-refractivity contribution is -0.123. The number of rotatable bonds is 8. The first-order chi connectivity index (χ1) is 13.0. The average Bonchev–Trinajstić information content (AvgIpc) is 2.93. The van der Waals surface area contributed by atoms with Crippen LogP contribution in [0.2, 0.25) is 0 Å². The van der Waals surface area contributed by atoms with Gasteiger partial charge in [-0.25, -0.2) is 8.42 Å². The van der Waals surface area contributed by atoms with Gasteiger partial charge in [-0.15, -0.1) is 0 Å². The van der Waals surface area contributed by atoms with Crippen molar-refractivity contribution in [1.82, 2.24) is 15.2 Å². The molecule has 0 bridgehead atoms. The number of amides is 1. The molecule has 7 nitrogen and oxygen atoms in total. The highest BCUT2D eigenvalue weighted by Crippen LogP contribution is 2.19. The van der Waals surface area contributed by atoms with Gasteiger partial charge in [-0.3, -0.25) is 4.79 Å². The molecule has 0 aliphatic carbocycles. The molecule has 8 heteroatoms. The molecule has 0 spiro atoms. The Morgan fingerprint density at radius 1 is 1.11 bits per heavy atom. The Morgan fingerprint density at radius 2 is 1.71 bits per heavy atom. The molecule has 28 heavy (non-hydrogen) atoms. The van der Waals surface area contributed by atoms with Gasteiger partial charge in [0.15, 0.2) is 5.76 Å². The standard InChI is InChI=1S/C20H29N3O4S/c1-12(2)11-17-7-9-18(10-8-17)13(3)21-20(24)15(5)23-28(25,26)19-14(4)22-27-16(19)6/h7-10,12-13,15,23H,11H2,1-6H3,(H,21,24)/t13-,15+/m1/s1. The molecule has 2 aromatic rings. The maximum absolute atomic E-state index is 12.5. The van der Waals surface area contributed by atoms with E-state index in [9.17, 15) is 13.2 Å². The van der Waals surface area contributed by atoms with Crippen LogP contribution in [0.15, 0.2) is 33.7 Å². The predicted octanol–water partition coefficient (Wildman–Crippen LogP) is 3.03. The van der Waals surface area contributed by atoms with Crippen LogP contribution in [0.25, 0.3) is 0 Å². The predicted molar refractivity (Wildman–Crippen MR) is 107 cm³/mol. The van der Waals surface area contributed by atoms with Crippen LogP contribution in [0.5, 0.6) is 0 Å². The third-order valence-corrected chi connectivity index (χ3v) is 6.23. The van der Waals surface area contributed by atoms with Gasteiger partial charge in [0.05, 0.1) is 12.1 Å². The Kier molecular flexibility index (Phi) is 7.01. The van der Waals surface area contributed by atoms with Crippen LogP contribution in [0.4, 0.5) is 0 Å². The first-order valence-corrected chi connectivity index (χ1v) is 10.8. The van der Waals surface area contributed by atoms with Gasteiger partial charge >= 0.3 is 0 Å². The summed E-state index contributed by atoms with van der Waals surface area (Å²) >= 11 is 0. The van der Waals surface area contributed by atoms with Crippen molar-refractivity contribution in [2.45, 2.75) is 64.9 Å². The van der Waals surface area contributed by atoms with E-state index in [4.69, 9.17) is 4.52 Å². The van der Waals surface area contributed by atoms with Crippen LogP contribution in [-0.2, 0) is 21.2 Å². The van der Waals surface area contributed by atoms with Crippen LogP contribution in [0, 0.1) is 19.8 Å². The molecule has 1 aromatic heterocycles. The lowest BCUT2D eigenvalue weighted by Crippen LogP contribution is -2.45. The van der Waals surface area contributed by atoms with Crippen LogP contribution >= 0.6 is 0 Å². The molecule has 0 saturated carbocycles. The van der Waals surface area contributed by atoms with Gasteiger partial charge in [0, 0.05) is 0 Å². The molecule has 154 valence electrons.